The molecule has 0 aliphatic carbocycles. The van der Waals surface area contributed by atoms with Crippen LogP contribution < -0.4 is 10.6 Å². The van der Waals surface area contributed by atoms with Crippen molar-refractivity contribution in [3.63, 3.8) is 0 Å². The molecule has 0 aromatic carbocycles. The number of rotatable bonds is 8. The van der Waals surface area contributed by atoms with E-state index in [0.29, 0.717) is 19.1 Å². The number of nitrogens with zero attached hydrogens (tertiary/aromatic N) is 3. The zero-order valence-corrected chi connectivity index (χ0v) is 14.7. The minimum absolute atomic E-state index is 0.0868. The van der Waals surface area contributed by atoms with Crippen molar-refractivity contribution < 1.29 is 4.79 Å². The molecule has 3 rings (SSSR count). The summed E-state index contributed by atoms with van der Waals surface area (Å²) in [6.45, 7) is 4.37. The quantitative estimate of drug-likeness (QED) is 0.721. The molecular weight excluding hydrogens is 322 g/mol. The molecule has 7 heteroatoms. The van der Waals surface area contributed by atoms with Gasteiger partial charge >= 0.3 is 6.03 Å². The molecule has 24 heavy (non-hydrogen) atoms. The number of nitrogens with one attached hydrogen (secondary N) is 2. The molecule has 0 bridgehead atoms. The molecule has 2 aromatic heterocycles. The highest BCUT2D eigenvalue weighted by Gasteiger charge is 2.24. The van der Waals surface area contributed by atoms with E-state index in [1.807, 2.05) is 16.9 Å². The lowest BCUT2D eigenvalue weighted by molar-refractivity contribution is 0.222. The Morgan fingerprint density at radius 3 is 2.88 bits per heavy atom. The fourth-order valence-corrected chi connectivity index (χ4v) is 3.93. The van der Waals surface area contributed by atoms with E-state index >= 15 is 0 Å². The molecule has 0 saturated carbocycles. The van der Waals surface area contributed by atoms with Gasteiger partial charge in [-0.05, 0) is 49.9 Å². The predicted octanol–water partition coefficient (Wildman–Crippen LogP) is 2.47. The Balaban J connectivity index is 1.39. The predicted molar refractivity (Wildman–Crippen MR) is 96.1 cm³/mol. The van der Waals surface area contributed by atoms with Crippen LogP contribution >= 0.6 is 11.3 Å². The molecule has 2 N–H and O–H groups in total. The van der Waals surface area contributed by atoms with E-state index < -0.39 is 0 Å². The molecule has 0 radical (unpaired) electrons. The number of carbonyl (C=O) groups is 1. The van der Waals surface area contributed by atoms with Gasteiger partial charge in [0.15, 0.2) is 0 Å². The van der Waals surface area contributed by atoms with Crippen molar-refractivity contribution in [2.24, 2.45) is 0 Å². The van der Waals surface area contributed by atoms with E-state index in [2.05, 4.69) is 38.1 Å². The van der Waals surface area contributed by atoms with Gasteiger partial charge in [-0.2, -0.15) is 5.10 Å². The van der Waals surface area contributed by atoms with Crippen LogP contribution in [0.4, 0.5) is 4.79 Å². The molecule has 3 heterocycles. The molecule has 1 fully saturated rings. The van der Waals surface area contributed by atoms with Crippen molar-refractivity contribution >= 4 is 17.4 Å². The summed E-state index contributed by atoms with van der Waals surface area (Å²) in [5.74, 6) is 0. The van der Waals surface area contributed by atoms with E-state index in [1.54, 1.807) is 17.5 Å². The summed E-state index contributed by atoms with van der Waals surface area (Å²) >= 11 is 1.77. The van der Waals surface area contributed by atoms with Gasteiger partial charge in [0, 0.05) is 36.9 Å². The number of hydrogen-bond acceptors (Lipinski definition) is 4. The molecule has 6 nitrogen and oxygen atoms in total. The minimum Gasteiger partial charge on any atom is -0.338 e. The van der Waals surface area contributed by atoms with Crippen molar-refractivity contribution in [3.8, 4) is 0 Å². The molecule has 1 atom stereocenters. The van der Waals surface area contributed by atoms with Gasteiger partial charge in [-0.3, -0.25) is 9.58 Å². The van der Waals surface area contributed by atoms with Crippen LogP contribution in [0.25, 0.3) is 0 Å². The monoisotopic (exact) mass is 347 g/mol. The number of urea groups is 1. The van der Waals surface area contributed by atoms with Crippen LogP contribution in [0.3, 0.4) is 0 Å². The second-order valence-corrected chi connectivity index (χ2v) is 7.01. The molecule has 1 unspecified atom stereocenters. The minimum atomic E-state index is -0.0868. The maximum Gasteiger partial charge on any atom is 0.314 e. The number of hydrogen-bond donors (Lipinski definition) is 2. The van der Waals surface area contributed by atoms with Crippen LogP contribution in [0.15, 0.2) is 36.0 Å². The zero-order valence-electron chi connectivity index (χ0n) is 13.9. The molecule has 0 spiro atoms. The van der Waals surface area contributed by atoms with Gasteiger partial charge in [0.1, 0.15) is 0 Å². The second-order valence-electron chi connectivity index (χ2n) is 6.03. The van der Waals surface area contributed by atoms with Crippen molar-refractivity contribution in [2.45, 2.75) is 31.8 Å². The fraction of sp³-hybridized carbons (Fsp3) is 0.529. The van der Waals surface area contributed by atoms with E-state index in [0.717, 1.165) is 26.1 Å². The largest absolute Gasteiger partial charge is 0.338 e. The molecule has 2 aromatic rings. The van der Waals surface area contributed by atoms with E-state index in [1.165, 1.54) is 17.7 Å². The van der Waals surface area contributed by atoms with Crippen molar-refractivity contribution in [1.82, 2.24) is 25.3 Å². The lowest BCUT2D eigenvalue weighted by atomic mass is 10.2. The average Bonchev–Trinajstić information content (AvgIpc) is 3.34. The molecule has 2 amide bonds. The zero-order chi connectivity index (χ0) is 16.6. The van der Waals surface area contributed by atoms with E-state index in [9.17, 15) is 4.79 Å². The third-order valence-corrected chi connectivity index (χ3v) is 5.29. The summed E-state index contributed by atoms with van der Waals surface area (Å²) < 4.78 is 1.87. The summed E-state index contributed by atoms with van der Waals surface area (Å²) in [5, 5.41) is 12.2. The highest BCUT2D eigenvalue weighted by Crippen LogP contribution is 2.27. The van der Waals surface area contributed by atoms with Crippen LogP contribution in [0, 0.1) is 0 Å². The Bertz CT molecular complexity index is 593. The van der Waals surface area contributed by atoms with Gasteiger partial charge in [-0.25, -0.2) is 4.79 Å². The number of aromatic nitrogens is 2. The van der Waals surface area contributed by atoms with Crippen LogP contribution in [-0.2, 0) is 6.54 Å². The Morgan fingerprint density at radius 1 is 1.29 bits per heavy atom. The summed E-state index contributed by atoms with van der Waals surface area (Å²) in [6.07, 6.45) is 7.07. The highest BCUT2D eigenvalue weighted by atomic mass is 32.1. The summed E-state index contributed by atoms with van der Waals surface area (Å²) in [6, 6.07) is 6.36. The lowest BCUT2D eigenvalue weighted by Gasteiger charge is -2.26. The Kier molecular flexibility index (Phi) is 6.26. The molecule has 1 aliphatic rings. The third kappa shape index (κ3) is 4.82. The van der Waals surface area contributed by atoms with Gasteiger partial charge in [0.2, 0.25) is 0 Å². The Hall–Kier alpha value is -1.86. The third-order valence-electron chi connectivity index (χ3n) is 4.32. The Morgan fingerprint density at radius 2 is 2.17 bits per heavy atom. The number of aryl methyl sites for hydroxylation is 1. The van der Waals surface area contributed by atoms with Crippen molar-refractivity contribution in [3.05, 3.63) is 40.8 Å². The van der Waals surface area contributed by atoms with Crippen LogP contribution in [-0.4, -0.2) is 46.9 Å². The first-order valence-corrected chi connectivity index (χ1v) is 9.47. The number of likely N-dealkylation sites (tertiary alicyclic amines) is 1. The lowest BCUT2D eigenvalue weighted by Crippen LogP contribution is -2.41. The summed E-state index contributed by atoms with van der Waals surface area (Å²) in [7, 11) is 0. The van der Waals surface area contributed by atoms with Gasteiger partial charge in [0.05, 0.1) is 6.04 Å². The van der Waals surface area contributed by atoms with Gasteiger partial charge in [0.25, 0.3) is 0 Å². The van der Waals surface area contributed by atoms with Crippen LogP contribution in [0.1, 0.15) is 30.2 Å². The first-order chi connectivity index (χ1) is 11.8. The molecule has 1 saturated heterocycles. The van der Waals surface area contributed by atoms with Crippen molar-refractivity contribution in [2.75, 3.05) is 26.2 Å². The normalized spacial score (nSPS) is 16.2. The maximum absolute atomic E-state index is 12.0. The number of thiophene rings is 1. The second kappa shape index (κ2) is 8.84. The van der Waals surface area contributed by atoms with Crippen LogP contribution in [0.5, 0.6) is 0 Å². The van der Waals surface area contributed by atoms with Gasteiger partial charge in [-0.15, -0.1) is 11.3 Å². The average molecular weight is 347 g/mol. The first-order valence-electron chi connectivity index (χ1n) is 8.59. The molecule has 130 valence electrons. The van der Waals surface area contributed by atoms with Gasteiger partial charge in [-0.1, -0.05) is 6.07 Å². The summed E-state index contributed by atoms with van der Waals surface area (Å²) in [5.41, 5.74) is 0. The Labute approximate surface area is 146 Å². The van der Waals surface area contributed by atoms with E-state index in [-0.39, 0.29) is 6.03 Å². The SMILES string of the molecule is O=C(NCCCn1cccn1)NCC(c1cccs1)N1CCCC1. The number of amides is 2. The molecule has 1 aliphatic heterocycles. The highest BCUT2D eigenvalue weighted by molar-refractivity contribution is 7.10. The summed E-state index contributed by atoms with van der Waals surface area (Å²) in [4.78, 5) is 15.8. The molecular formula is C17H25N5OS. The number of carbonyl (C=O) groups excluding carboxylic acids is 1. The van der Waals surface area contributed by atoms with Gasteiger partial charge < -0.3 is 10.6 Å². The smallest absolute Gasteiger partial charge is 0.314 e. The maximum atomic E-state index is 12.0. The van der Waals surface area contributed by atoms with Crippen LogP contribution in [0.2, 0.25) is 0 Å². The van der Waals surface area contributed by atoms with E-state index in [4.69, 9.17) is 0 Å². The topological polar surface area (TPSA) is 62.2 Å². The standard InChI is InChI=1S/C17H25N5OS/c23-17(18-7-4-11-22-12-5-8-20-22)19-14-15(16-6-3-13-24-16)21-9-1-2-10-21/h3,5-6,8,12-13,15H,1-2,4,7,9-11,14H2,(H2,18,19,23). The van der Waals surface area contributed by atoms with Crippen molar-refractivity contribution in [1.29, 1.82) is 0 Å². The fourth-order valence-electron chi connectivity index (χ4n) is 3.07. The first kappa shape index (κ1) is 17.0.